The first kappa shape index (κ1) is 17.7. The number of piperidine rings is 1. The van der Waals surface area contributed by atoms with E-state index in [-0.39, 0.29) is 5.91 Å². The molecule has 0 aromatic heterocycles. The molecule has 1 aromatic carbocycles. The van der Waals surface area contributed by atoms with Crippen LogP contribution in [0.4, 0.5) is 0 Å². The first-order chi connectivity index (χ1) is 11.6. The Morgan fingerprint density at radius 2 is 1.88 bits per heavy atom. The van der Waals surface area contributed by atoms with Crippen molar-refractivity contribution in [3.63, 3.8) is 0 Å². The van der Waals surface area contributed by atoms with Crippen LogP contribution >= 0.6 is 11.6 Å². The summed E-state index contributed by atoms with van der Waals surface area (Å²) in [5.41, 5.74) is 1.71. The Balaban J connectivity index is 1.56. The monoisotopic (exact) mass is 350 g/mol. The lowest BCUT2D eigenvalue weighted by atomic mass is 9.89. The van der Waals surface area contributed by atoms with Crippen molar-refractivity contribution in [1.29, 1.82) is 0 Å². The molecule has 1 amide bonds. The Bertz CT molecular complexity index is 579. The van der Waals surface area contributed by atoms with Gasteiger partial charge in [0.05, 0.1) is 13.2 Å². The number of likely N-dealkylation sites (tertiary alicyclic amines) is 1. The molecule has 2 aliphatic heterocycles. The van der Waals surface area contributed by atoms with Crippen molar-refractivity contribution in [1.82, 2.24) is 9.80 Å². The van der Waals surface area contributed by atoms with E-state index in [4.69, 9.17) is 16.3 Å². The molecule has 24 heavy (non-hydrogen) atoms. The molecular formula is C19H27ClN2O2. The molecule has 2 aliphatic rings. The maximum atomic E-state index is 12.7. The summed E-state index contributed by atoms with van der Waals surface area (Å²) in [5.74, 6) is 0.767. The highest BCUT2D eigenvalue weighted by atomic mass is 35.5. The van der Waals surface area contributed by atoms with Crippen LogP contribution in [-0.2, 0) is 4.74 Å². The largest absolute Gasteiger partial charge is 0.379 e. The summed E-state index contributed by atoms with van der Waals surface area (Å²) in [6, 6.07) is 6.16. The summed E-state index contributed by atoms with van der Waals surface area (Å²) in [4.78, 5) is 17.2. The summed E-state index contributed by atoms with van der Waals surface area (Å²) in [5, 5.41) is 0.664. The number of hydrogen-bond acceptors (Lipinski definition) is 3. The van der Waals surface area contributed by atoms with Crippen LogP contribution in [0.25, 0.3) is 0 Å². The topological polar surface area (TPSA) is 32.8 Å². The number of ether oxygens (including phenoxy) is 1. The van der Waals surface area contributed by atoms with Crippen molar-refractivity contribution in [2.75, 3.05) is 39.4 Å². The zero-order valence-corrected chi connectivity index (χ0v) is 15.4. The van der Waals surface area contributed by atoms with Crippen LogP contribution in [-0.4, -0.2) is 61.1 Å². The van der Waals surface area contributed by atoms with Gasteiger partial charge in [0.15, 0.2) is 0 Å². The molecule has 1 atom stereocenters. The van der Waals surface area contributed by atoms with E-state index in [1.54, 1.807) is 6.07 Å². The first-order valence-corrected chi connectivity index (χ1v) is 9.31. The minimum Gasteiger partial charge on any atom is -0.379 e. The Labute approximate surface area is 149 Å². The second-order valence-corrected chi connectivity index (χ2v) is 7.39. The summed E-state index contributed by atoms with van der Waals surface area (Å²) >= 11 is 6.16. The predicted molar refractivity (Wildman–Crippen MR) is 96.7 cm³/mol. The number of benzene rings is 1. The number of morpholine rings is 1. The molecule has 2 fully saturated rings. The van der Waals surface area contributed by atoms with Gasteiger partial charge < -0.3 is 9.64 Å². The molecule has 0 saturated carbocycles. The van der Waals surface area contributed by atoms with E-state index in [9.17, 15) is 4.79 Å². The van der Waals surface area contributed by atoms with Crippen molar-refractivity contribution in [3.05, 3.63) is 34.3 Å². The normalized spacial score (nSPS) is 21.7. The third kappa shape index (κ3) is 3.93. The molecule has 2 saturated heterocycles. The number of carbonyl (C=O) groups is 1. The number of aryl methyl sites for hydroxylation is 1. The summed E-state index contributed by atoms with van der Waals surface area (Å²) in [6.07, 6.45) is 2.15. The quantitative estimate of drug-likeness (QED) is 0.839. The fourth-order valence-corrected chi connectivity index (χ4v) is 3.96. The van der Waals surface area contributed by atoms with Gasteiger partial charge in [-0.15, -0.1) is 0 Å². The second-order valence-electron chi connectivity index (χ2n) is 6.98. The van der Waals surface area contributed by atoms with Gasteiger partial charge in [-0.2, -0.15) is 0 Å². The van der Waals surface area contributed by atoms with Crippen LogP contribution in [0, 0.1) is 12.8 Å². The zero-order chi connectivity index (χ0) is 17.1. The molecule has 0 N–H and O–H groups in total. The van der Waals surface area contributed by atoms with Gasteiger partial charge in [0.25, 0.3) is 5.91 Å². The Kier molecular flexibility index (Phi) is 5.80. The fourth-order valence-electron chi connectivity index (χ4n) is 3.78. The van der Waals surface area contributed by atoms with Gasteiger partial charge in [-0.3, -0.25) is 9.69 Å². The Morgan fingerprint density at radius 3 is 2.50 bits per heavy atom. The van der Waals surface area contributed by atoms with Crippen molar-refractivity contribution >= 4 is 17.5 Å². The number of nitrogens with zero attached hydrogens (tertiary/aromatic N) is 2. The van der Waals surface area contributed by atoms with Crippen molar-refractivity contribution in [3.8, 4) is 0 Å². The van der Waals surface area contributed by atoms with Gasteiger partial charge in [0.1, 0.15) is 0 Å². The number of rotatable bonds is 3. The molecule has 1 unspecified atom stereocenters. The lowest BCUT2D eigenvalue weighted by Gasteiger charge is -2.41. The maximum absolute atomic E-state index is 12.7. The predicted octanol–water partition coefficient (Wildman–Crippen LogP) is 3.22. The number of hydrogen-bond donors (Lipinski definition) is 0. The molecular weight excluding hydrogens is 324 g/mol. The lowest BCUT2D eigenvalue weighted by molar-refractivity contribution is -0.000950. The highest BCUT2D eigenvalue weighted by Crippen LogP contribution is 2.26. The molecule has 5 heteroatoms. The van der Waals surface area contributed by atoms with Gasteiger partial charge in [0.2, 0.25) is 0 Å². The molecule has 0 spiro atoms. The van der Waals surface area contributed by atoms with E-state index < -0.39 is 0 Å². The van der Waals surface area contributed by atoms with Crippen molar-refractivity contribution < 1.29 is 9.53 Å². The number of halogens is 1. The molecule has 3 rings (SSSR count). The molecule has 1 aromatic rings. The molecule has 4 nitrogen and oxygen atoms in total. The fraction of sp³-hybridized carbons (Fsp3) is 0.632. The summed E-state index contributed by atoms with van der Waals surface area (Å²) in [6.45, 7) is 9.70. The van der Waals surface area contributed by atoms with Crippen LogP contribution in [0.5, 0.6) is 0 Å². The molecule has 2 heterocycles. The smallest absolute Gasteiger partial charge is 0.253 e. The Hall–Kier alpha value is -1.10. The van der Waals surface area contributed by atoms with Crippen molar-refractivity contribution in [2.24, 2.45) is 5.92 Å². The average molecular weight is 351 g/mol. The maximum Gasteiger partial charge on any atom is 0.253 e. The Morgan fingerprint density at radius 1 is 1.21 bits per heavy atom. The molecule has 0 aliphatic carbocycles. The third-order valence-corrected chi connectivity index (χ3v) is 5.96. The van der Waals surface area contributed by atoms with Crippen molar-refractivity contribution in [2.45, 2.75) is 32.7 Å². The minimum atomic E-state index is 0.106. The molecule has 0 bridgehead atoms. The van der Waals surface area contributed by atoms with Crippen LogP contribution < -0.4 is 0 Å². The van der Waals surface area contributed by atoms with Gasteiger partial charge in [-0.1, -0.05) is 17.7 Å². The van der Waals surface area contributed by atoms with E-state index >= 15 is 0 Å². The van der Waals surface area contributed by atoms with Crippen LogP contribution in [0.15, 0.2) is 18.2 Å². The summed E-state index contributed by atoms with van der Waals surface area (Å²) < 4.78 is 5.45. The van der Waals surface area contributed by atoms with Gasteiger partial charge >= 0.3 is 0 Å². The highest BCUT2D eigenvalue weighted by molar-refractivity contribution is 6.31. The first-order valence-electron chi connectivity index (χ1n) is 8.93. The van der Waals surface area contributed by atoms with E-state index in [0.29, 0.717) is 22.5 Å². The number of amides is 1. The third-order valence-electron chi connectivity index (χ3n) is 5.55. The second kappa shape index (κ2) is 7.85. The van der Waals surface area contributed by atoms with E-state index in [1.165, 1.54) is 0 Å². The minimum absolute atomic E-state index is 0.106. The average Bonchev–Trinajstić information content (AvgIpc) is 2.63. The van der Waals surface area contributed by atoms with Crippen LogP contribution in [0.1, 0.15) is 35.7 Å². The standard InChI is InChI=1S/C19H27ClN2O2/c1-14-3-4-17(13-18(14)20)19(23)22-7-5-16(6-8-22)15(2)21-9-11-24-12-10-21/h3-4,13,15-16H,5-12H2,1-2H3. The number of carbonyl (C=O) groups excluding carboxylic acids is 1. The molecule has 132 valence electrons. The highest BCUT2D eigenvalue weighted by Gasteiger charge is 2.30. The van der Waals surface area contributed by atoms with Gasteiger partial charge in [0, 0.05) is 42.8 Å². The van der Waals surface area contributed by atoms with Gasteiger partial charge in [-0.25, -0.2) is 0 Å². The SMILES string of the molecule is Cc1ccc(C(=O)N2CCC(C(C)N3CCOCC3)CC2)cc1Cl. The van der Waals surface area contributed by atoms with E-state index in [2.05, 4.69) is 11.8 Å². The van der Waals surface area contributed by atoms with E-state index in [1.807, 2.05) is 24.0 Å². The zero-order valence-electron chi connectivity index (χ0n) is 14.6. The van der Waals surface area contributed by atoms with Crippen LogP contribution in [0.3, 0.4) is 0 Å². The summed E-state index contributed by atoms with van der Waals surface area (Å²) in [7, 11) is 0. The van der Waals surface area contributed by atoms with E-state index in [0.717, 1.165) is 57.8 Å². The van der Waals surface area contributed by atoms with Gasteiger partial charge in [-0.05, 0) is 50.3 Å². The lowest BCUT2D eigenvalue weighted by Crippen LogP contribution is -2.49. The van der Waals surface area contributed by atoms with Crippen LogP contribution in [0.2, 0.25) is 5.02 Å². The molecule has 0 radical (unpaired) electrons.